The van der Waals surface area contributed by atoms with Crippen LogP contribution in [-0.4, -0.2) is 41.4 Å². The smallest absolute Gasteiger partial charge is 0.415 e. The number of anilines is 1. The minimum atomic E-state index is -4.63. The van der Waals surface area contributed by atoms with Crippen molar-refractivity contribution in [1.29, 1.82) is 0 Å². The monoisotopic (exact) mass is 330 g/mol. The molecule has 124 valence electrons. The summed E-state index contributed by atoms with van der Waals surface area (Å²) in [6, 6.07) is 4.31. The molecule has 2 rings (SSSR count). The molecule has 0 aliphatic rings. The number of alkyl halides is 3. The molecule has 1 amide bonds. The van der Waals surface area contributed by atoms with Gasteiger partial charge in [-0.15, -0.1) is 0 Å². The Bertz CT molecular complexity index is 739. The van der Waals surface area contributed by atoms with Gasteiger partial charge in [-0.2, -0.15) is 13.2 Å². The quantitative estimate of drug-likeness (QED) is 0.786. The van der Waals surface area contributed by atoms with Gasteiger partial charge in [0.15, 0.2) is 6.10 Å². The summed E-state index contributed by atoms with van der Waals surface area (Å²) in [5.74, 6) is -1.97. The van der Waals surface area contributed by atoms with E-state index in [0.29, 0.717) is 10.9 Å². The minimum absolute atomic E-state index is 0.0643. The fourth-order valence-electron chi connectivity index (χ4n) is 2.09. The molecule has 1 aromatic heterocycles. The van der Waals surface area contributed by atoms with E-state index < -0.39 is 30.6 Å². The Hall–Kier alpha value is -2.55. The van der Waals surface area contributed by atoms with Crippen LogP contribution in [0.15, 0.2) is 24.4 Å². The first kappa shape index (κ1) is 16.8. The maximum absolute atomic E-state index is 12.5. The molecule has 9 heteroatoms. The first-order chi connectivity index (χ1) is 10.7. The third-order valence-electron chi connectivity index (χ3n) is 3.22. The molecule has 23 heavy (non-hydrogen) atoms. The highest BCUT2D eigenvalue weighted by Crippen LogP contribution is 2.26. The Morgan fingerprint density at radius 3 is 2.65 bits per heavy atom. The molecular formula is C14H13F3N2O4. The Kier molecular flexibility index (Phi) is 4.60. The number of benzene rings is 1. The maximum Gasteiger partial charge on any atom is 0.415 e. The zero-order chi connectivity index (χ0) is 17.2. The minimum Gasteiger partial charge on any atom is -0.478 e. The van der Waals surface area contributed by atoms with Crippen molar-refractivity contribution in [2.45, 2.75) is 18.7 Å². The second-order valence-corrected chi connectivity index (χ2v) is 4.79. The van der Waals surface area contributed by atoms with E-state index in [-0.39, 0.29) is 11.3 Å². The zero-order valence-corrected chi connectivity index (χ0v) is 11.9. The highest BCUT2D eigenvalue weighted by atomic mass is 19.4. The molecule has 1 atom stereocenters. The van der Waals surface area contributed by atoms with Gasteiger partial charge in [0, 0.05) is 29.9 Å². The lowest BCUT2D eigenvalue weighted by atomic mass is 10.1. The highest BCUT2D eigenvalue weighted by Gasteiger charge is 2.41. The topological polar surface area (TPSA) is 91.4 Å². The summed E-state index contributed by atoms with van der Waals surface area (Å²) >= 11 is 0. The van der Waals surface area contributed by atoms with E-state index in [1.54, 1.807) is 0 Å². The van der Waals surface area contributed by atoms with Gasteiger partial charge >= 0.3 is 12.1 Å². The SMILES string of the molecule is COC(CC(=O)Nc1ccc2c(C(=O)O)c[nH]c2c1)C(F)(F)F. The van der Waals surface area contributed by atoms with Gasteiger partial charge in [-0.25, -0.2) is 4.79 Å². The number of rotatable bonds is 5. The molecular weight excluding hydrogens is 317 g/mol. The lowest BCUT2D eigenvalue weighted by molar-refractivity contribution is -0.213. The average Bonchev–Trinajstić information content (AvgIpc) is 2.86. The van der Waals surface area contributed by atoms with Crippen LogP contribution in [0.5, 0.6) is 0 Å². The molecule has 0 radical (unpaired) electrons. The molecule has 0 bridgehead atoms. The van der Waals surface area contributed by atoms with E-state index in [1.165, 1.54) is 24.4 Å². The number of hydrogen-bond donors (Lipinski definition) is 3. The van der Waals surface area contributed by atoms with E-state index in [2.05, 4.69) is 15.0 Å². The van der Waals surface area contributed by atoms with Crippen LogP contribution < -0.4 is 5.32 Å². The Morgan fingerprint density at radius 1 is 1.39 bits per heavy atom. The highest BCUT2D eigenvalue weighted by molar-refractivity contribution is 6.04. The number of hydrogen-bond acceptors (Lipinski definition) is 3. The molecule has 0 fully saturated rings. The normalized spacial score (nSPS) is 13.0. The summed E-state index contributed by atoms with van der Waals surface area (Å²) in [5, 5.41) is 11.7. The largest absolute Gasteiger partial charge is 0.478 e. The van der Waals surface area contributed by atoms with Gasteiger partial charge in [-0.3, -0.25) is 4.79 Å². The van der Waals surface area contributed by atoms with Gasteiger partial charge in [0.25, 0.3) is 0 Å². The molecule has 1 aromatic carbocycles. The van der Waals surface area contributed by atoms with E-state index in [4.69, 9.17) is 5.11 Å². The van der Waals surface area contributed by atoms with Gasteiger partial charge in [-0.05, 0) is 18.2 Å². The number of methoxy groups -OCH3 is 1. The van der Waals surface area contributed by atoms with Gasteiger partial charge in [-0.1, -0.05) is 0 Å². The number of aromatic amines is 1. The van der Waals surface area contributed by atoms with Crippen LogP contribution >= 0.6 is 0 Å². The summed E-state index contributed by atoms with van der Waals surface area (Å²) in [6.07, 6.45) is -6.39. The van der Waals surface area contributed by atoms with Crippen LogP contribution in [0.25, 0.3) is 10.9 Å². The number of aromatic carboxylic acids is 1. The second-order valence-electron chi connectivity index (χ2n) is 4.79. The first-order valence-corrected chi connectivity index (χ1v) is 6.46. The number of carboxylic acids is 1. The fraction of sp³-hybridized carbons (Fsp3) is 0.286. The van der Waals surface area contributed by atoms with Crippen LogP contribution in [0.3, 0.4) is 0 Å². The summed E-state index contributed by atoms with van der Waals surface area (Å²) in [6.45, 7) is 0. The number of ether oxygens (including phenoxy) is 1. The number of nitrogens with one attached hydrogen (secondary N) is 2. The van der Waals surface area contributed by atoms with E-state index in [0.717, 1.165) is 7.11 Å². The molecule has 6 nitrogen and oxygen atoms in total. The number of aromatic nitrogens is 1. The zero-order valence-electron chi connectivity index (χ0n) is 11.9. The molecule has 0 aliphatic carbocycles. The third kappa shape index (κ3) is 3.81. The average molecular weight is 330 g/mol. The van der Waals surface area contributed by atoms with Gasteiger partial charge in [0.2, 0.25) is 5.91 Å². The van der Waals surface area contributed by atoms with Crippen LogP contribution in [-0.2, 0) is 9.53 Å². The van der Waals surface area contributed by atoms with Crippen molar-refractivity contribution in [3.63, 3.8) is 0 Å². The van der Waals surface area contributed by atoms with Gasteiger partial charge < -0.3 is 20.1 Å². The van der Waals surface area contributed by atoms with Crippen molar-refractivity contribution in [2.24, 2.45) is 0 Å². The van der Waals surface area contributed by atoms with Crippen molar-refractivity contribution in [3.05, 3.63) is 30.0 Å². The predicted octanol–water partition coefficient (Wildman–Crippen LogP) is 2.77. The summed E-state index contributed by atoms with van der Waals surface area (Å²) in [5.41, 5.74) is 0.757. The van der Waals surface area contributed by atoms with Crippen molar-refractivity contribution in [2.75, 3.05) is 12.4 Å². The Morgan fingerprint density at radius 2 is 2.09 bits per heavy atom. The van der Waals surface area contributed by atoms with Crippen LogP contribution in [0.2, 0.25) is 0 Å². The molecule has 2 aromatic rings. The van der Waals surface area contributed by atoms with Crippen molar-refractivity contribution in [3.8, 4) is 0 Å². The van der Waals surface area contributed by atoms with E-state index in [1.807, 2.05) is 0 Å². The number of amides is 1. The second kappa shape index (κ2) is 6.29. The first-order valence-electron chi connectivity index (χ1n) is 6.46. The molecule has 1 unspecified atom stereocenters. The summed E-state index contributed by atoms with van der Waals surface area (Å²) in [4.78, 5) is 25.4. The van der Waals surface area contributed by atoms with Crippen LogP contribution in [0, 0.1) is 0 Å². The van der Waals surface area contributed by atoms with Gasteiger partial charge in [0.1, 0.15) is 0 Å². The Labute approximate surface area is 128 Å². The van der Waals surface area contributed by atoms with Crippen molar-refractivity contribution in [1.82, 2.24) is 4.98 Å². The molecule has 0 spiro atoms. The fourth-order valence-corrected chi connectivity index (χ4v) is 2.09. The standard InChI is InChI=1S/C14H13F3N2O4/c1-23-11(14(15,16)17)5-12(20)19-7-2-3-8-9(13(21)22)6-18-10(8)4-7/h2-4,6,11,18H,5H2,1H3,(H,19,20)(H,21,22). The van der Waals surface area contributed by atoms with E-state index in [9.17, 15) is 22.8 Å². The summed E-state index contributed by atoms with van der Waals surface area (Å²) in [7, 11) is 0.879. The van der Waals surface area contributed by atoms with Gasteiger partial charge in [0.05, 0.1) is 12.0 Å². The number of carbonyl (C=O) groups is 2. The molecule has 3 N–H and O–H groups in total. The van der Waals surface area contributed by atoms with Crippen molar-refractivity contribution >= 4 is 28.5 Å². The number of H-pyrrole nitrogens is 1. The molecule has 0 saturated heterocycles. The lowest BCUT2D eigenvalue weighted by Gasteiger charge is -2.18. The number of carbonyl (C=O) groups excluding carboxylic acids is 1. The molecule has 0 aliphatic heterocycles. The van der Waals surface area contributed by atoms with Crippen molar-refractivity contribution < 1.29 is 32.6 Å². The van der Waals surface area contributed by atoms with Crippen LogP contribution in [0.1, 0.15) is 16.8 Å². The molecule has 0 saturated carbocycles. The summed E-state index contributed by atoms with van der Waals surface area (Å²) < 4.78 is 41.9. The Balaban J connectivity index is 2.12. The third-order valence-corrected chi connectivity index (χ3v) is 3.22. The molecule has 1 heterocycles. The lowest BCUT2D eigenvalue weighted by Crippen LogP contribution is -2.34. The number of fused-ring (bicyclic) bond motifs is 1. The van der Waals surface area contributed by atoms with Crippen LogP contribution in [0.4, 0.5) is 18.9 Å². The predicted molar refractivity (Wildman–Crippen MR) is 75.4 cm³/mol. The van der Waals surface area contributed by atoms with E-state index >= 15 is 0 Å². The number of carboxylic acid groups (broad SMARTS) is 1. The maximum atomic E-state index is 12.5. The number of halogens is 3.